The highest BCUT2D eigenvalue weighted by Gasteiger charge is 2.21. The highest BCUT2D eigenvalue weighted by atomic mass is 16.5. The first-order chi connectivity index (χ1) is 10.7. The molecular weight excluding hydrogens is 280 g/mol. The second-order valence-electron chi connectivity index (χ2n) is 6.07. The molecule has 0 bridgehead atoms. The van der Waals surface area contributed by atoms with Crippen LogP contribution in [0.15, 0.2) is 18.5 Å². The Morgan fingerprint density at radius 2 is 2.18 bits per heavy atom. The average Bonchev–Trinajstić information content (AvgIpc) is 3.07. The maximum absolute atomic E-state index is 12.5. The topological polar surface area (TPSA) is 57.7 Å². The lowest BCUT2D eigenvalue weighted by Crippen LogP contribution is -2.47. The number of hydrogen-bond acceptors (Lipinski definition) is 5. The number of nitrogens with zero attached hydrogens (tertiary/aromatic N) is 3. The van der Waals surface area contributed by atoms with Gasteiger partial charge in [-0.05, 0) is 26.0 Å². The van der Waals surface area contributed by atoms with E-state index in [1.54, 1.807) is 12.4 Å². The summed E-state index contributed by atoms with van der Waals surface area (Å²) >= 11 is 0. The van der Waals surface area contributed by atoms with Gasteiger partial charge in [0.25, 0.3) is 5.91 Å². The fraction of sp³-hybridized carbons (Fsp3) is 0.625. The van der Waals surface area contributed by atoms with Gasteiger partial charge in [-0.1, -0.05) is 0 Å². The molecule has 1 aromatic rings. The zero-order valence-electron chi connectivity index (χ0n) is 13.1. The number of carbonyl (C=O) groups is 1. The second-order valence-corrected chi connectivity index (χ2v) is 6.07. The first-order valence-electron chi connectivity index (χ1n) is 8.01. The molecular formula is C16H24N4O2. The maximum atomic E-state index is 12.5. The maximum Gasteiger partial charge on any atom is 0.255 e. The van der Waals surface area contributed by atoms with Gasteiger partial charge in [0.2, 0.25) is 0 Å². The molecule has 3 heterocycles. The number of anilines is 1. The normalized spacial score (nSPS) is 22.8. The van der Waals surface area contributed by atoms with Crippen molar-refractivity contribution >= 4 is 11.6 Å². The van der Waals surface area contributed by atoms with E-state index in [1.807, 2.05) is 11.0 Å². The van der Waals surface area contributed by atoms with E-state index < -0.39 is 0 Å². The molecule has 2 fully saturated rings. The Bertz CT molecular complexity index is 509. The Kier molecular flexibility index (Phi) is 4.90. The lowest BCUT2D eigenvalue weighted by Gasteiger charge is -2.32. The van der Waals surface area contributed by atoms with E-state index in [2.05, 4.69) is 22.2 Å². The zero-order valence-corrected chi connectivity index (χ0v) is 13.1. The molecule has 2 aliphatic heterocycles. The Morgan fingerprint density at radius 1 is 1.36 bits per heavy atom. The minimum absolute atomic E-state index is 0.0707. The molecule has 1 N–H and O–H groups in total. The number of pyridine rings is 1. The number of amides is 1. The third-order valence-electron chi connectivity index (χ3n) is 4.33. The van der Waals surface area contributed by atoms with E-state index in [9.17, 15) is 4.79 Å². The van der Waals surface area contributed by atoms with Crippen LogP contribution in [0.2, 0.25) is 0 Å². The fourth-order valence-electron chi connectivity index (χ4n) is 2.88. The van der Waals surface area contributed by atoms with E-state index in [0.717, 1.165) is 57.9 Å². The van der Waals surface area contributed by atoms with Crippen molar-refractivity contribution in [1.82, 2.24) is 14.8 Å². The van der Waals surface area contributed by atoms with Crippen molar-refractivity contribution in [2.75, 3.05) is 51.7 Å². The summed E-state index contributed by atoms with van der Waals surface area (Å²) in [4.78, 5) is 20.9. The van der Waals surface area contributed by atoms with Gasteiger partial charge in [0, 0.05) is 51.7 Å². The molecule has 0 saturated carbocycles. The van der Waals surface area contributed by atoms with E-state index in [0.29, 0.717) is 5.56 Å². The van der Waals surface area contributed by atoms with Crippen LogP contribution in [0, 0.1) is 0 Å². The number of hydrogen-bond donors (Lipinski definition) is 1. The van der Waals surface area contributed by atoms with Crippen LogP contribution in [-0.4, -0.2) is 73.2 Å². The van der Waals surface area contributed by atoms with Crippen LogP contribution < -0.4 is 5.32 Å². The number of rotatable bonds is 4. The minimum Gasteiger partial charge on any atom is -0.381 e. The molecule has 0 aromatic carbocycles. The van der Waals surface area contributed by atoms with Crippen LogP contribution in [0.4, 0.5) is 5.69 Å². The van der Waals surface area contributed by atoms with E-state index in [-0.39, 0.29) is 12.0 Å². The summed E-state index contributed by atoms with van der Waals surface area (Å²) in [7, 11) is 2.08. The van der Waals surface area contributed by atoms with Crippen molar-refractivity contribution in [3.05, 3.63) is 24.0 Å². The quantitative estimate of drug-likeness (QED) is 0.901. The fourth-order valence-corrected chi connectivity index (χ4v) is 2.88. The molecule has 0 radical (unpaired) electrons. The number of ether oxygens (including phenoxy) is 1. The summed E-state index contributed by atoms with van der Waals surface area (Å²) in [6.45, 7) is 5.04. The SMILES string of the molecule is CN1CCN(C(=O)c2cncc(NCC3CCCO3)c2)CC1. The van der Waals surface area contributed by atoms with Gasteiger partial charge < -0.3 is 19.9 Å². The van der Waals surface area contributed by atoms with Gasteiger partial charge in [0.15, 0.2) is 0 Å². The molecule has 1 atom stereocenters. The molecule has 0 spiro atoms. The van der Waals surface area contributed by atoms with Gasteiger partial charge in [0.05, 0.1) is 17.4 Å². The highest BCUT2D eigenvalue weighted by Crippen LogP contribution is 2.15. The summed E-state index contributed by atoms with van der Waals surface area (Å²) < 4.78 is 5.59. The summed E-state index contributed by atoms with van der Waals surface area (Å²) in [6.07, 6.45) is 5.91. The number of piperazine rings is 1. The number of nitrogens with one attached hydrogen (secondary N) is 1. The molecule has 6 heteroatoms. The number of likely N-dealkylation sites (N-methyl/N-ethyl adjacent to an activating group) is 1. The Balaban J connectivity index is 1.59. The van der Waals surface area contributed by atoms with Gasteiger partial charge in [-0.2, -0.15) is 0 Å². The smallest absolute Gasteiger partial charge is 0.255 e. The van der Waals surface area contributed by atoms with Crippen molar-refractivity contribution in [2.45, 2.75) is 18.9 Å². The van der Waals surface area contributed by atoms with E-state index in [1.165, 1.54) is 0 Å². The van der Waals surface area contributed by atoms with Crippen molar-refractivity contribution < 1.29 is 9.53 Å². The third-order valence-corrected chi connectivity index (χ3v) is 4.33. The molecule has 3 rings (SSSR count). The zero-order chi connectivity index (χ0) is 15.4. The molecule has 2 saturated heterocycles. The first kappa shape index (κ1) is 15.2. The molecule has 6 nitrogen and oxygen atoms in total. The molecule has 2 aliphatic rings. The predicted octanol–water partition coefficient (Wildman–Crippen LogP) is 1.06. The Hall–Kier alpha value is -1.66. The molecule has 1 aromatic heterocycles. The summed E-state index contributed by atoms with van der Waals surface area (Å²) in [5.74, 6) is 0.0707. The monoisotopic (exact) mass is 304 g/mol. The van der Waals surface area contributed by atoms with Gasteiger partial charge in [0.1, 0.15) is 0 Å². The lowest BCUT2D eigenvalue weighted by atomic mass is 10.2. The van der Waals surface area contributed by atoms with Gasteiger partial charge in [-0.15, -0.1) is 0 Å². The largest absolute Gasteiger partial charge is 0.381 e. The van der Waals surface area contributed by atoms with E-state index in [4.69, 9.17) is 4.74 Å². The van der Waals surface area contributed by atoms with Crippen molar-refractivity contribution in [1.29, 1.82) is 0 Å². The molecule has 1 amide bonds. The average molecular weight is 304 g/mol. The molecule has 120 valence electrons. The van der Waals surface area contributed by atoms with Crippen LogP contribution in [0.1, 0.15) is 23.2 Å². The van der Waals surface area contributed by atoms with Crippen LogP contribution in [0.5, 0.6) is 0 Å². The van der Waals surface area contributed by atoms with Crippen LogP contribution in [-0.2, 0) is 4.74 Å². The summed E-state index contributed by atoms with van der Waals surface area (Å²) in [5, 5.41) is 3.33. The van der Waals surface area contributed by atoms with Crippen molar-refractivity contribution in [2.24, 2.45) is 0 Å². The van der Waals surface area contributed by atoms with Gasteiger partial charge in [-0.25, -0.2) is 0 Å². The molecule has 0 aliphatic carbocycles. The van der Waals surface area contributed by atoms with E-state index >= 15 is 0 Å². The third kappa shape index (κ3) is 3.75. The van der Waals surface area contributed by atoms with Crippen molar-refractivity contribution in [3.8, 4) is 0 Å². The molecule has 22 heavy (non-hydrogen) atoms. The molecule has 1 unspecified atom stereocenters. The number of carbonyl (C=O) groups excluding carboxylic acids is 1. The van der Waals surface area contributed by atoms with Gasteiger partial charge in [-0.3, -0.25) is 9.78 Å². The van der Waals surface area contributed by atoms with Crippen molar-refractivity contribution in [3.63, 3.8) is 0 Å². The standard InChI is InChI=1S/C16H24N4O2/c1-19-4-6-20(7-5-19)16(21)13-9-14(11-17-10-13)18-12-15-3-2-8-22-15/h9-11,15,18H,2-8,12H2,1H3. The lowest BCUT2D eigenvalue weighted by molar-refractivity contribution is 0.0663. The minimum atomic E-state index is 0.0707. The van der Waals surface area contributed by atoms with Gasteiger partial charge >= 0.3 is 0 Å². The van der Waals surface area contributed by atoms with Crippen LogP contribution in [0.3, 0.4) is 0 Å². The summed E-state index contributed by atoms with van der Waals surface area (Å²) in [5.41, 5.74) is 1.54. The Labute approximate surface area is 131 Å². The first-order valence-corrected chi connectivity index (χ1v) is 8.01. The van der Waals surface area contributed by atoms with Crippen LogP contribution in [0.25, 0.3) is 0 Å². The second kappa shape index (κ2) is 7.07. The van der Waals surface area contributed by atoms with Crippen LogP contribution >= 0.6 is 0 Å². The number of aromatic nitrogens is 1. The highest BCUT2D eigenvalue weighted by molar-refractivity contribution is 5.94. The predicted molar refractivity (Wildman–Crippen MR) is 85.1 cm³/mol. The Morgan fingerprint density at radius 3 is 2.91 bits per heavy atom. The summed E-state index contributed by atoms with van der Waals surface area (Å²) in [6, 6.07) is 1.89.